The molecule has 360 valence electrons. The van der Waals surface area contributed by atoms with Gasteiger partial charge >= 0.3 is 35.8 Å². The third kappa shape index (κ3) is 17.0. The average Bonchev–Trinajstić information content (AvgIpc) is 3.66. The summed E-state index contributed by atoms with van der Waals surface area (Å²) < 4.78 is 45.9. The topological polar surface area (TPSA) is 333 Å². The SMILES string of the molecule is CN1CCN(C2CCC(n3cc(-c4ccc(NS(=O)(=O)c5ccc(Cl)c(Cl)c5Cl)c(F)c4)c4c(N)ncnc43)CC2)CC1.O=C(O)/C=C\C(=O)O.O=C(O)/C=C\C(=O)O.O=C(O)/C=C\C(=O)O. The standard InChI is InChI=1S/C29H31Cl3FN7O2S.3C4H4O4/c1-38-10-12-39(13-11-38)18-3-5-19(6-4-18)40-15-20(25-28(34)35-16-36-29(25)40)17-2-8-23(22(33)14-17)37-43(41,42)24-9-7-21(30)26(31)27(24)32;3*5-3(6)1-2-4(7)8/h2,7-9,14-16,18-19,37H,3-6,10-13H2,1H3,(H2,34,35,36);3*1-2H,(H,5,6)(H,7,8)/b;3*2-1-. The summed E-state index contributed by atoms with van der Waals surface area (Å²) in [5.41, 5.74) is 7.97. The first-order chi connectivity index (χ1) is 31.4. The second-order valence-electron chi connectivity index (χ2n) is 14.2. The van der Waals surface area contributed by atoms with E-state index in [1.54, 1.807) is 6.07 Å². The number of sulfonamides is 1. The Hall–Kier alpha value is -6.63. The number of nitrogens with one attached hydrogen (secondary N) is 1. The summed E-state index contributed by atoms with van der Waals surface area (Å²) in [6.07, 6.45) is 10.9. The second-order valence-corrected chi connectivity index (χ2v) is 17.0. The molecular weight excluding hydrogens is 972 g/mol. The number of carboxylic acids is 6. The Balaban J connectivity index is 0.000000406. The maximum atomic E-state index is 15.4. The van der Waals surface area contributed by atoms with Crippen molar-refractivity contribution in [2.75, 3.05) is 43.7 Å². The molecule has 2 aromatic heterocycles. The summed E-state index contributed by atoms with van der Waals surface area (Å²) in [5.74, 6) is -8.02. The zero-order valence-electron chi connectivity index (χ0n) is 35.0. The van der Waals surface area contributed by atoms with Crippen molar-refractivity contribution in [1.29, 1.82) is 0 Å². The van der Waals surface area contributed by atoms with Crippen molar-refractivity contribution in [2.45, 2.75) is 42.7 Å². The molecule has 4 aromatic rings. The number of benzene rings is 2. The van der Waals surface area contributed by atoms with Gasteiger partial charge in [0.15, 0.2) is 0 Å². The van der Waals surface area contributed by atoms with Crippen molar-refractivity contribution < 1.29 is 72.2 Å². The molecular formula is C41H43Cl3FN7O14S. The minimum Gasteiger partial charge on any atom is -0.478 e. The van der Waals surface area contributed by atoms with E-state index in [2.05, 4.69) is 36.1 Å². The highest BCUT2D eigenvalue weighted by molar-refractivity contribution is 7.92. The molecule has 3 heterocycles. The summed E-state index contributed by atoms with van der Waals surface area (Å²) in [6, 6.07) is 7.58. The minimum absolute atomic E-state index is 0.103. The van der Waals surface area contributed by atoms with E-state index in [-0.39, 0.29) is 31.7 Å². The lowest BCUT2D eigenvalue weighted by molar-refractivity contribution is -0.134. The summed E-state index contributed by atoms with van der Waals surface area (Å²) in [7, 11) is -2.10. The number of hydrogen-bond acceptors (Lipinski definition) is 13. The zero-order valence-corrected chi connectivity index (χ0v) is 38.1. The van der Waals surface area contributed by atoms with E-state index in [4.69, 9.17) is 71.2 Å². The monoisotopic (exact) mass is 1010 g/mol. The van der Waals surface area contributed by atoms with Gasteiger partial charge in [-0.05, 0) is 62.6 Å². The Morgan fingerprint density at radius 2 is 1.19 bits per heavy atom. The summed E-state index contributed by atoms with van der Waals surface area (Å²) in [5, 5.41) is 47.3. The van der Waals surface area contributed by atoms with Crippen molar-refractivity contribution >= 4 is 103 Å². The minimum atomic E-state index is -4.27. The predicted octanol–water partition coefficient (Wildman–Crippen LogP) is 5.45. The maximum Gasteiger partial charge on any atom is 0.328 e. The lowest BCUT2D eigenvalue weighted by atomic mass is 9.89. The highest BCUT2D eigenvalue weighted by Crippen LogP contribution is 2.40. The van der Waals surface area contributed by atoms with E-state index < -0.39 is 51.7 Å². The quantitative estimate of drug-likeness (QED) is 0.0646. The van der Waals surface area contributed by atoms with Gasteiger partial charge in [-0.15, -0.1) is 0 Å². The van der Waals surface area contributed by atoms with Gasteiger partial charge < -0.3 is 45.8 Å². The first-order valence-electron chi connectivity index (χ1n) is 19.3. The molecule has 1 aliphatic carbocycles. The number of nitrogens with two attached hydrogens (primary N) is 1. The molecule has 26 heteroatoms. The van der Waals surface area contributed by atoms with Gasteiger partial charge in [0, 0.05) is 86.5 Å². The van der Waals surface area contributed by atoms with Gasteiger partial charge in [0.05, 0.1) is 26.1 Å². The third-order valence-corrected chi connectivity index (χ3v) is 12.5. The fraction of sp³-hybridized carbons (Fsp3) is 0.268. The van der Waals surface area contributed by atoms with Crippen LogP contribution in [0.25, 0.3) is 22.2 Å². The fourth-order valence-corrected chi connectivity index (χ4v) is 8.65. The average molecular weight is 1020 g/mol. The third-order valence-electron chi connectivity index (χ3n) is 9.67. The Morgan fingerprint density at radius 1 is 0.716 bits per heavy atom. The highest BCUT2D eigenvalue weighted by Gasteiger charge is 2.30. The number of hydrogen-bond donors (Lipinski definition) is 8. The van der Waals surface area contributed by atoms with Gasteiger partial charge in [0.25, 0.3) is 10.0 Å². The Morgan fingerprint density at radius 3 is 1.66 bits per heavy atom. The number of halogens is 4. The van der Waals surface area contributed by atoms with Gasteiger partial charge in [0.2, 0.25) is 0 Å². The van der Waals surface area contributed by atoms with Gasteiger partial charge in [-0.2, -0.15) is 0 Å². The Bertz CT molecular complexity index is 2550. The molecule has 21 nitrogen and oxygen atoms in total. The van der Waals surface area contributed by atoms with Gasteiger partial charge in [-0.1, -0.05) is 40.9 Å². The number of carbonyl (C=O) groups is 6. The highest BCUT2D eigenvalue weighted by atomic mass is 35.5. The van der Waals surface area contributed by atoms with Crippen molar-refractivity contribution in [3.63, 3.8) is 0 Å². The number of nitrogens with zero attached hydrogens (tertiary/aromatic N) is 5. The molecule has 0 spiro atoms. The number of nitrogen functional groups attached to an aromatic ring is 1. The van der Waals surface area contributed by atoms with E-state index in [9.17, 15) is 37.2 Å². The van der Waals surface area contributed by atoms with Crippen molar-refractivity contribution in [2.24, 2.45) is 0 Å². The number of carboxylic acid groups (broad SMARTS) is 6. The number of anilines is 2. The number of aromatic nitrogens is 3. The molecule has 2 fully saturated rings. The van der Waals surface area contributed by atoms with Gasteiger partial charge in [0.1, 0.15) is 28.5 Å². The van der Waals surface area contributed by atoms with E-state index >= 15 is 4.39 Å². The molecule has 0 atom stereocenters. The molecule has 6 rings (SSSR count). The smallest absolute Gasteiger partial charge is 0.328 e. The number of likely N-dealkylation sites (N-methyl/N-ethyl adjacent to an activating group) is 1. The van der Waals surface area contributed by atoms with Crippen LogP contribution < -0.4 is 10.5 Å². The van der Waals surface area contributed by atoms with E-state index in [0.717, 1.165) is 51.9 Å². The first-order valence-corrected chi connectivity index (χ1v) is 21.9. The second kappa shape index (κ2) is 25.3. The molecule has 9 N–H and O–H groups in total. The largest absolute Gasteiger partial charge is 0.478 e. The van der Waals surface area contributed by atoms with Crippen LogP contribution >= 0.6 is 34.8 Å². The maximum absolute atomic E-state index is 15.4. The Kier molecular flexibility index (Phi) is 20.7. The molecule has 1 aliphatic heterocycles. The molecule has 2 aromatic carbocycles. The molecule has 1 saturated heterocycles. The fourth-order valence-electron chi connectivity index (χ4n) is 6.60. The van der Waals surface area contributed by atoms with Crippen molar-refractivity contribution in [1.82, 2.24) is 24.3 Å². The molecule has 0 radical (unpaired) electrons. The van der Waals surface area contributed by atoms with Crippen LogP contribution in [-0.2, 0) is 38.8 Å². The summed E-state index contributed by atoms with van der Waals surface area (Å²) in [6.45, 7) is 4.40. The number of piperazine rings is 1. The molecule has 0 amide bonds. The van der Waals surface area contributed by atoms with Crippen LogP contribution in [0.4, 0.5) is 15.9 Å². The molecule has 67 heavy (non-hydrogen) atoms. The lowest BCUT2D eigenvalue weighted by Crippen LogP contribution is -2.49. The summed E-state index contributed by atoms with van der Waals surface area (Å²) >= 11 is 18.1. The van der Waals surface area contributed by atoms with Gasteiger partial charge in [-0.25, -0.2) is 51.5 Å². The van der Waals surface area contributed by atoms with Crippen LogP contribution in [0, 0.1) is 5.82 Å². The number of aliphatic carboxylic acids is 6. The molecule has 2 aliphatic rings. The Labute approximate surface area is 395 Å². The van der Waals surface area contributed by atoms with Crippen LogP contribution in [0.2, 0.25) is 15.1 Å². The number of fused-ring (bicyclic) bond motifs is 1. The molecule has 1 saturated carbocycles. The van der Waals surface area contributed by atoms with E-state index in [1.165, 1.54) is 30.6 Å². The molecule has 0 bridgehead atoms. The summed E-state index contributed by atoms with van der Waals surface area (Å²) in [4.78, 5) is 70.8. The van der Waals surface area contributed by atoms with Crippen molar-refractivity contribution in [3.8, 4) is 11.1 Å². The van der Waals surface area contributed by atoms with Crippen molar-refractivity contribution in [3.05, 3.63) is 100 Å². The normalized spacial score (nSPS) is 16.6. The van der Waals surface area contributed by atoms with Crippen LogP contribution in [0.1, 0.15) is 31.7 Å². The predicted molar refractivity (Wildman–Crippen MR) is 243 cm³/mol. The van der Waals surface area contributed by atoms with Crippen LogP contribution in [-0.4, -0.2) is 138 Å². The first kappa shape index (κ1) is 54.7. The zero-order chi connectivity index (χ0) is 50.2. The molecule has 0 unspecified atom stereocenters. The number of rotatable bonds is 12. The van der Waals surface area contributed by atoms with Crippen LogP contribution in [0.15, 0.2) is 84.2 Å². The van der Waals surface area contributed by atoms with E-state index in [0.29, 0.717) is 70.5 Å². The van der Waals surface area contributed by atoms with Crippen LogP contribution in [0.3, 0.4) is 0 Å². The van der Waals surface area contributed by atoms with Crippen LogP contribution in [0.5, 0.6) is 0 Å². The van der Waals surface area contributed by atoms with Gasteiger partial charge in [-0.3, -0.25) is 9.62 Å². The van der Waals surface area contributed by atoms with E-state index in [1.807, 2.05) is 6.20 Å². The lowest BCUT2D eigenvalue weighted by Gasteiger charge is -2.41.